The predicted molar refractivity (Wildman–Crippen MR) is 92.1 cm³/mol. The second-order valence-corrected chi connectivity index (χ2v) is 5.16. The first-order chi connectivity index (χ1) is 11.7. The third-order valence-electron chi connectivity index (χ3n) is 3.60. The number of pyridine rings is 1. The smallest absolute Gasteiger partial charge is 0.273 e. The van der Waals surface area contributed by atoms with E-state index in [2.05, 4.69) is 15.4 Å². The Kier molecular flexibility index (Phi) is 4.56. The Hall–Kier alpha value is -3.15. The van der Waals surface area contributed by atoms with Crippen molar-refractivity contribution < 1.29 is 9.53 Å². The number of rotatable bonds is 5. The molecule has 2 aromatic heterocycles. The molecule has 1 N–H and O–H groups in total. The highest BCUT2D eigenvalue weighted by Gasteiger charge is 2.16. The monoisotopic (exact) mass is 322 g/mol. The minimum Gasteiger partial charge on any atom is -0.497 e. The zero-order valence-electron chi connectivity index (χ0n) is 13.6. The fraction of sp³-hybridized carbons (Fsp3) is 0.167. The molecule has 0 spiro atoms. The van der Waals surface area contributed by atoms with E-state index in [0.717, 1.165) is 17.0 Å². The summed E-state index contributed by atoms with van der Waals surface area (Å²) in [6, 6.07) is 12.9. The lowest BCUT2D eigenvalue weighted by molar-refractivity contribution is 0.101. The molecular formula is C18H18N4O2. The summed E-state index contributed by atoms with van der Waals surface area (Å²) in [5.74, 6) is 0.534. The van der Waals surface area contributed by atoms with Gasteiger partial charge in [-0.15, -0.1) is 0 Å². The van der Waals surface area contributed by atoms with Crippen LogP contribution in [0.1, 0.15) is 17.4 Å². The quantitative estimate of drug-likeness (QED) is 0.783. The average molecular weight is 322 g/mol. The first-order valence-electron chi connectivity index (χ1n) is 7.65. The minimum absolute atomic E-state index is 0.216. The van der Waals surface area contributed by atoms with Gasteiger partial charge in [-0.3, -0.25) is 14.5 Å². The fourth-order valence-corrected chi connectivity index (χ4v) is 2.40. The molecule has 24 heavy (non-hydrogen) atoms. The summed E-state index contributed by atoms with van der Waals surface area (Å²) in [4.78, 5) is 16.5. The highest BCUT2D eigenvalue weighted by molar-refractivity contribution is 6.03. The largest absolute Gasteiger partial charge is 0.497 e. The number of hydrogen-bond acceptors (Lipinski definition) is 4. The lowest BCUT2D eigenvalue weighted by Crippen LogP contribution is -2.17. The van der Waals surface area contributed by atoms with Gasteiger partial charge in [0, 0.05) is 18.3 Å². The maximum absolute atomic E-state index is 12.5. The Morgan fingerprint density at radius 2 is 2.12 bits per heavy atom. The molecule has 0 radical (unpaired) electrons. The van der Waals surface area contributed by atoms with Gasteiger partial charge in [0.2, 0.25) is 0 Å². The number of hydrogen-bond donors (Lipinski definition) is 1. The van der Waals surface area contributed by atoms with Gasteiger partial charge in [0.1, 0.15) is 11.4 Å². The van der Waals surface area contributed by atoms with Gasteiger partial charge in [0.05, 0.1) is 24.7 Å². The molecule has 2 heterocycles. The van der Waals surface area contributed by atoms with Crippen LogP contribution < -0.4 is 10.1 Å². The van der Waals surface area contributed by atoms with Crippen LogP contribution in [0.4, 0.5) is 5.69 Å². The molecule has 6 nitrogen and oxygen atoms in total. The molecule has 0 saturated heterocycles. The van der Waals surface area contributed by atoms with Gasteiger partial charge >= 0.3 is 0 Å². The summed E-state index contributed by atoms with van der Waals surface area (Å²) >= 11 is 0. The number of nitrogens with one attached hydrogen (secondary N) is 1. The van der Waals surface area contributed by atoms with Crippen LogP contribution in [0, 0.1) is 0 Å². The van der Waals surface area contributed by atoms with E-state index in [-0.39, 0.29) is 5.91 Å². The zero-order chi connectivity index (χ0) is 16.9. The van der Waals surface area contributed by atoms with Crippen LogP contribution in [-0.2, 0) is 6.54 Å². The fourth-order valence-electron chi connectivity index (χ4n) is 2.40. The molecule has 0 fully saturated rings. The van der Waals surface area contributed by atoms with Crippen molar-refractivity contribution in [3.8, 4) is 17.0 Å². The van der Waals surface area contributed by atoms with E-state index in [1.54, 1.807) is 42.4 Å². The summed E-state index contributed by atoms with van der Waals surface area (Å²) < 4.78 is 6.93. The molecule has 3 aromatic rings. The number of aromatic nitrogens is 3. The molecule has 0 unspecified atom stereocenters. The van der Waals surface area contributed by atoms with Crippen molar-refractivity contribution in [1.82, 2.24) is 14.8 Å². The molecule has 1 amide bonds. The number of aryl methyl sites for hydroxylation is 1. The molecule has 0 bridgehead atoms. The van der Waals surface area contributed by atoms with Gasteiger partial charge < -0.3 is 10.1 Å². The summed E-state index contributed by atoms with van der Waals surface area (Å²) in [5, 5.41) is 7.36. The van der Waals surface area contributed by atoms with Crippen LogP contribution >= 0.6 is 0 Å². The normalized spacial score (nSPS) is 10.4. The molecule has 0 aliphatic carbocycles. The number of methoxy groups -OCH3 is 1. The Balaban J connectivity index is 1.91. The van der Waals surface area contributed by atoms with E-state index in [9.17, 15) is 4.79 Å². The number of anilines is 1. The molecule has 3 rings (SSSR count). The standard InChI is InChI=1S/C18H18N4O2/c1-3-22-17(18(23)20-14-7-5-9-19-12-14)11-16(21-22)13-6-4-8-15(10-13)24-2/h4-12H,3H2,1-2H3,(H,20,23). The second-order valence-electron chi connectivity index (χ2n) is 5.16. The zero-order valence-corrected chi connectivity index (χ0v) is 13.6. The molecule has 0 atom stereocenters. The molecule has 1 aromatic carbocycles. The molecule has 0 saturated carbocycles. The van der Waals surface area contributed by atoms with Crippen molar-refractivity contribution in [1.29, 1.82) is 0 Å². The molecule has 122 valence electrons. The van der Waals surface area contributed by atoms with E-state index >= 15 is 0 Å². The molecule has 0 aliphatic rings. The van der Waals surface area contributed by atoms with Crippen molar-refractivity contribution in [3.63, 3.8) is 0 Å². The van der Waals surface area contributed by atoms with Crippen LogP contribution in [-0.4, -0.2) is 27.8 Å². The lowest BCUT2D eigenvalue weighted by atomic mass is 10.1. The number of carbonyl (C=O) groups is 1. The van der Waals surface area contributed by atoms with Crippen molar-refractivity contribution >= 4 is 11.6 Å². The topological polar surface area (TPSA) is 69.0 Å². The van der Waals surface area contributed by atoms with E-state index in [0.29, 0.717) is 17.9 Å². The number of benzene rings is 1. The van der Waals surface area contributed by atoms with E-state index in [1.165, 1.54) is 0 Å². The molecule has 6 heteroatoms. The molecule has 0 aliphatic heterocycles. The average Bonchev–Trinajstić information content (AvgIpc) is 3.07. The van der Waals surface area contributed by atoms with Crippen LogP contribution in [0.25, 0.3) is 11.3 Å². The van der Waals surface area contributed by atoms with Gasteiger partial charge in [-0.05, 0) is 37.3 Å². The third-order valence-corrected chi connectivity index (χ3v) is 3.60. The first kappa shape index (κ1) is 15.7. The summed E-state index contributed by atoms with van der Waals surface area (Å²) in [6.07, 6.45) is 3.26. The predicted octanol–water partition coefficient (Wildman–Crippen LogP) is 3.23. The Morgan fingerprint density at radius 3 is 2.83 bits per heavy atom. The van der Waals surface area contributed by atoms with Crippen molar-refractivity contribution in [3.05, 3.63) is 60.6 Å². The van der Waals surface area contributed by atoms with Crippen LogP contribution in [0.2, 0.25) is 0 Å². The van der Waals surface area contributed by atoms with Gasteiger partial charge in [-0.25, -0.2) is 0 Å². The number of carbonyl (C=O) groups excluding carboxylic acids is 1. The number of amides is 1. The van der Waals surface area contributed by atoms with Crippen molar-refractivity contribution in [2.45, 2.75) is 13.5 Å². The maximum atomic E-state index is 12.5. The Bertz CT molecular complexity index is 843. The van der Waals surface area contributed by atoms with Crippen molar-refractivity contribution in [2.24, 2.45) is 0 Å². The number of ether oxygens (including phenoxy) is 1. The highest BCUT2D eigenvalue weighted by atomic mass is 16.5. The van der Waals surface area contributed by atoms with Gasteiger partial charge in [0.15, 0.2) is 0 Å². The van der Waals surface area contributed by atoms with E-state index in [1.807, 2.05) is 31.2 Å². The van der Waals surface area contributed by atoms with Gasteiger partial charge in [0.25, 0.3) is 5.91 Å². The van der Waals surface area contributed by atoms with Gasteiger partial charge in [-0.1, -0.05) is 12.1 Å². The summed E-state index contributed by atoms with van der Waals surface area (Å²) in [5.41, 5.74) is 2.78. The first-order valence-corrected chi connectivity index (χ1v) is 7.65. The van der Waals surface area contributed by atoms with Gasteiger partial charge in [-0.2, -0.15) is 5.10 Å². The Labute approximate surface area is 140 Å². The van der Waals surface area contributed by atoms with Crippen LogP contribution in [0.15, 0.2) is 54.9 Å². The lowest BCUT2D eigenvalue weighted by Gasteiger charge is -2.05. The van der Waals surface area contributed by atoms with Crippen LogP contribution in [0.3, 0.4) is 0 Å². The van der Waals surface area contributed by atoms with Crippen LogP contribution in [0.5, 0.6) is 5.75 Å². The SMILES string of the molecule is CCn1nc(-c2cccc(OC)c2)cc1C(=O)Nc1cccnc1. The van der Waals surface area contributed by atoms with E-state index in [4.69, 9.17) is 4.74 Å². The highest BCUT2D eigenvalue weighted by Crippen LogP contribution is 2.24. The Morgan fingerprint density at radius 1 is 1.25 bits per heavy atom. The summed E-state index contributed by atoms with van der Waals surface area (Å²) in [7, 11) is 1.62. The summed E-state index contributed by atoms with van der Waals surface area (Å²) in [6.45, 7) is 2.54. The third kappa shape index (κ3) is 3.27. The van der Waals surface area contributed by atoms with Crippen molar-refractivity contribution in [2.75, 3.05) is 12.4 Å². The molecular weight excluding hydrogens is 304 g/mol. The van der Waals surface area contributed by atoms with E-state index < -0.39 is 0 Å². The maximum Gasteiger partial charge on any atom is 0.273 e. The second kappa shape index (κ2) is 6.95. The minimum atomic E-state index is -0.216. The number of nitrogens with zero attached hydrogens (tertiary/aromatic N) is 3.